The van der Waals surface area contributed by atoms with E-state index in [2.05, 4.69) is 40.4 Å². The predicted molar refractivity (Wildman–Crippen MR) is 73.9 cm³/mol. The van der Waals surface area contributed by atoms with E-state index < -0.39 is 20.4 Å². The molecule has 0 spiro atoms. The van der Waals surface area contributed by atoms with E-state index in [9.17, 15) is 4.79 Å². The Bertz CT molecular complexity index is 271. The highest BCUT2D eigenvalue weighted by Gasteiger charge is 2.37. The van der Waals surface area contributed by atoms with Gasteiger partial charge in [-0.2, -0.15) is 0 Å². The molecule has 0 aliphatic rings. The van der Waals surface area contributed by atoms with Crippen LogP contribution in [0.1, 0.15) is 20.8 Å². The first-order valence-corrected chi connectivity index (χ1v) is 9.10. The number of hydrogen-bond acceptors (Lipinski definition) is 3. The summed E-state index contributed by atoms with van der Waals surface area (Å²) in [7, 11) is -1.82. The summed E-state index contributed by atoms with van der Waals surface area (Å²) in [5, 5.41) is 0.134. The van der Waals surface area contributed by atoms with Gasteiger partial charge in [-0.15, -0.1) is 11.6 Å². The quantitative estimate of drug-likeness (QED) is 0.323. The van der Waals surface area contributed by atoms with Crippen LogP contribution in [0.5, 0.6) is 0 Å². The van der Waals surface area contributed by atoms with Crippen LogP contribution in [0.15, 0.2) is 12.7 Å². The highest BCUT2D eigenvalue weighted by molar-refractivity contribution is 6.74. The summed E-state index contributed by atoms with van der Waals surface area (Å²) in [6, 6.07) is 0. The summed E-state index contributed by atoms with van der Waals surface area (Å²) in [6.45, 7) is 14.8. The monoisotopic (exact) mass is 278 g/mol. The van der Waals surface area contributed by atoms with Gasteiger partial charge < -0.3 is 9.16 Å². The lowest BCUT2D eigenvalue weighted by Crippen LogP contribution is -2.43. The van der Waals surface area contributed by atoms with E-state index in [1.165, 1.54) is 0 Å². The molecule has 0 aliphatic heterocycles. The van der Waals surface area contributed by atoms with Crippen LogP contribution in [-0.2, 0) is 14.0 Å². The molecule has 0 aromatic carbocycles. The second kappa shape index (κ2) is 6.57. The van der Waals surface area contributed by atoms with E-state index in [-0.39, 0.29) is 10.9 Å². The van der Waals surface area contributed by atoms with Gasteiger partial charge in [0.05, 0.1) is 6.61 Å². The molecule has 0 aliphatic carbocycles. The maximum atomic E-state index is 11.1. The van der Waals surface area contributed by atoms with Gasteiger partial charge in [-0.25, -0.2) is 0 Å². The van der Waals surface area contributed by atoms with Crippen LogP contribution < -0.4 is 0 Å². The zero-order chi connectivity index (χ0) is 13.7. The molecule has 0 bridgehead atoms. The number of carbonyl (C=O) groups is 1. The van der Waals surface area contributed by atoms with Crippen molar-refractivity contribution in [2.75, 3.05) is 12.5 Å². The van der Waals surface area contributed by atoms with Crippen LogP contribution in [0.2, 0.25) is 18.1 Å². The predicted octanol–water partition coefficient (Wildman–Crippen LogP) is 3.34. The molecule has 17 heavy (non-hydrogen) atoms. The minimum absolute atomic E-state index is 0.134. The van der Waals surface area contributed by atoms with Crippen molar-refractivity contribution in [1.82, 2.24) is 0 Å². The minimum Gasteiger partial charge on any atom is -0.455 e. The third kappa shape index (κ3) is 5.70. The Morgan fingerprint density at radius 1 is 1.47 bits per heavy atom. The molecular formula is C12H23ClO3Si. The van der Waals surface area contributed by atoms with Gasteiger partial charge in [0.25, 0.3) is 0 Å². The van der Waals surface area contributed by atoms with Crippen molar-refractivity contribution >= 4 is 25.9 Å². The molecule has 0 radical (unpaired) electrons. The smallest absolute Gasteiger partial charge is 0.321 e. The van der Waals surface area contributed by atoms with E-state index in [0.29, 0.717) is 6.61 Å². The van der Waals surface area contributed by atoms with E-state index in [1.54, 1.807) is 6.08 Å². The van der Waals surface area contributed by atoms with Gasteiger partial charge in [0.2, 0.25) is 0 Å². The summed E-state index contributed by atoms with van der Waals surface area (Å²) in [6.07, 6.45) is 1.15. The molecule has 0 N–H and O–H groups in total. The lowest BCUT2D eigenvalue weighted by molar-refractivity contribution is -0.145. The Labute approximate surface area is 110 Å². The first kappa shape index (κ1) is 16.7. The molecule has 0 rings (SSSR count). The molecule has 0 saturated carbocycles. The molecule has 0 aromatic rings. The van der Waals surface area contributed by atoms with Gasteiger partial charge in [-0.1, -0.05) is 27.4 Å². The van der Waals surface area contributed by atoms with Gasteiger partial charge in [-0.05, 0) is 24.2 Å². The number of ether oxygens (including phenoxy) is 1. The summed E-state index contributed by atoms with van der Waals surface area (Å²) in [5.41, 5.74) is 0. The molecule has 0 fully saturated rings. The molecule has 0 saturated heterocycles. The lowest BCUT2D eigenvalue weighted by atomic mass is 10.2. The fraction of sp³-hybridized carbons (Fsp3) is 0.750. The molecule has 5 heteroatoms. The largest absolute Gasteiger partial charge is 0.455 e. The van der Waals surface area contributed by atoms with Crippen LogP contribution in [0.4, 0.5) is 0 Å². The fourth-order valence-corrected chi connectivity index (χ4v) is 1.93. The van der Waals surface area contributed by atoms with E-state index in [0.717, 1.165) is 0 Å². The van der Waals surface area contributed by atoms with Crippen molar-refractivity contribution in [1.29, 1.82) is 0 Å². The van der Waals surface area contributed by atoms with Crippen LogP contribution in [0.3, 0.4) is 0 Å². The summed E-state index contributed by atoms with van der Waals surface area (Å²) < 4.78 is 11.0. The van der Waals surface area contributed by atoms with Crippen LogP contribution in [-0.4, -0.2) is 32.9 Å². The van der Waals surface area contributed by atoms with Crippen LogP contribution in [0.25, 0.3) is 0 Å². The van der Waals surface area contributed by atoms with Gasteiger partial charge in [0.1, 0.15) is 12.0 Å². The maximum Gasteiger partial charge on any atom is 0.321 e. The first-order valence-electron chi connectivity index (χ1n) is 5.66. The Hall–Kier alpha value is -0.323. The molecule has 1 unspecified atom stereocenters. The van der Waals surface area contributed by atoms with Crippen molar-refractivity contribution in [2.24, 2.45) is 0 Å². The Morgan fingerprint density at radius 2 is 2.00 bits per heavy atom. The number of alkyl halides is 1. The number of halogens is 1. The average Bonchev–Trinajstić information content (AvgIpc) is 2.22. The van der Waals surface area contributed by atoms with Gasteiger partial charge in [0, 0.05) is 0 Å². The summed E-state index contributed by atoms with van der Waals surface area (Å²) in [4.78, 5) is 11.1. The van der Waals surface area contributed by atoms with E-state index in [4.69, 9.17) is 20.8 Å². The Kier molecular flexibility index (Phi) is 6.44. The highest BCUT2D eigenvalue weighted by Crippen LogP contribution is 2.36. The van der Waals surface area contributed by atoms with Crippen LogP contribution >= 0.6 is 11.6 Å². The van der Waals surface area contributed by atoms with E-state index in [1.807, 2.05) is 0 Å². The zero-order valence-electron chi connectivity index (χ0n) is 11.4. The molecular weight excluding hydrogens is 256 g/mol. The topological polar surface area (TPSA) is 35.5 Å². The number of carbonyl (C=O) groups excluding carboxylic acids is 1. The second-order valence-corrected chi connectivity index (χ2v) is 10.5. The normalized spacial score (nSPS) is 14.2. The zero-order valence-corrected chi connectivity index (χ0v) is 13.1. The minimum atomic E-state index is -1.82. The summed E-state index contributed by atoms with van der Waals surface area (Å²) in [5.74, 6) is -0.597. The third-order valence-electron chi connectivity index (χ3n) is 3.07. The molecule has 0 aromatic heterocycles. The van der Waals surface area contributed by atoms with E-state index >= 15 is 0 Å². The van der Waals surface area contributed by atoms with Gasteiger partial charge in [0.15, 0.2) is 8.32 Å². The standard InChI is InChI=1S/C12H23ClO3Si/c1-7-10(16-11(14)8-13)9-15-17(5,6)12(2,3)4/h7,10H,1,8-9H2,2-6H3. The van der Waals surface area contributed by atoms with Crippen molar-refractivity contribution in [3.63, 3.8) is 0 Å². The highest BCUT2D eigenvalue weighted by atomic mass is 35.5. The van der Waals surface area contributed by atoms with Crippen molar-refractivity contribution in [3.8, 4) is 0 Å². The molecule has 0 heterocycles. The SMILES string of the molecule is C=CC(CO[Si](C)(C)C(C)(C)C)OC(=O)CCl. The summed E-state index contributed by atoms with van der Waals surface area (Å²) >= 11 is 5.37. The first-order chi connectivity index (χ1) is 7.64. The lowest BCUT2D eigenvalue weighted by Gasteiger charge is -2.36. The van der Waals surface area contributed by atoms with Crippen LogP contribution in [0, 0.1) is 0 Å². The molecule has 0 amide bonds. The number of rotatable bonds is 6. The third-order valence-corrected chi connectivity index (χ3v) is 7.79. The Morgan fingerprint density at radius 3 is 2.35 bits per heavy atom. The number of esters is 1. The molecule has 3 nitrogen and oxygen atoms in total. The van der Waals surface area contributed by atoms with Crippen molar-refractivity contribution < 1.29 is 14.0 Å². The maximum absolute atomic E-state index is 11.1. The fourth-order valence-electron chi connectivity index (χ4n) is 0.857. The number of hydrogen-bond donors (Lipinski definition) is 0. The molecule has 100 valence electrons. The van der Waals surface area contributed by atoms with Crippen molar-refractivity contribution in [3.05, 3.63) is 12.7 Å². The Balaban J connectivity index is 4.33. The average molecular weight is 279 g/mol. The second-order valence-electron chi connectivity index (χ2n) is 5.47. The van der Waals surface area contributed by atoms with Crippen molar-refractivity contribution in [2.45, 2.75) is 45.0 Å². The molecule has 1 atom stereocenters. The van der Waals surface area contributed by atoms with Gasteiger partial charge >= 0.3 is 5.97 Å². The van der Waals surface area contributed by atoms with Gasteiger partial charge in [-0.3, -0.25) is 4.79 Å².